The largest absolute Gasteiger partial charge is 0.433 e. The van der Waals surface area contributed by atoms with E-state index in [1.807, 2.05) is 11.0 Å². The molecule has 10 nitrogen and oxygen atoms in total. The van der Waals surface area contributed by atoms with Gasteiger partial charge in [-0.25, -0.2) is 9.97 Å². The quantitative estimate of drug-likeness (QED) is 0.628. The zero-order chi connectivity index (χ0) is 18.5. The van der Waals surface area contributed by atoms with Crippen molar-refractivity contribution in [3.05, 3.63) is 46.1 Å². The molecule has 134 valence electrons. The molecule has 1 fully saturated rings. The minimum absolute atomic E-state index is 0.0765. The molecule has 26 heavy (non-hydrogen) atoms. The molecule has 0 radical (unpaired) electrons. The minimum atomic E-state index is -0.686. The summed E-state index contributed by atoms with van der Waals surface area (Å²) < 4.78 is 4.88. The third-order valence-corrected chi connectivity index (χ3v) is 4.25. The van der Waals surface area contributed by atoms with Gasteiger partial charge in [-0.2, -0.15) is 5.26 Å². The molecule has 0 spiro atoms. The van der Waals surface area contributed by atoms with E-state index in [0.717, 1.165) is 18.9 Å². The van der Waals surface area contributed by atoms with Gasteiger partial charge in [-0.1, -0.05) is 0 Å². The zero-order valence-electron chi connectivity index (χ0n) is 13.8. The molecule has 3 heterocycles. The molecular formula is C16H16N6O4. The van der Waals surface area contributed by atoms with Gasteiger partial charge in [0.25, 0.3) is 5.91 Å². The predicted molar refractivity (Wildman–Crippen MR) is 89.4 cm³/mol. The number of carbonyl (C=O) groups excluding carboxylic acids is 1. The summed E-state index contributed by atoms with van der Waals surface area (Å²) in [5.74, 6) is -0.156. The molecule has 0 aromatic carbocycles. The van der Waals surface area contributed by atoms with Crippen molar-refractivity contribution in [3.63, 3.8) is 0 Å². The van der Waals surface area contributed by atoms with Crippen LogP contribution in [0.2, 0.25) is 0 Å². The Morgan fingerprint density at radius 1 is 1.38 bits per heavy atom. The lowest BCUT2D eigenvalue weighted by Crippen LogP contribution is -2.39. The van der Waals surface area contributed by atoms with E-state index in [1.165, 1.54) is 12.3 Å². The first kappa shape index (κ1) is 17.3. The Morgan fingerprint density at radius 2 is 2.12 bits per heavy atom. The van der Waals surface area contributed by atoms with Crippen LogP contribution in [0.15, 0.2) is 28.9 Å². The molecule has 0 saturated carbocycles. The second kappa shape index (κ2) is 7.60. The maximum atomic E-state index is 12.0. The summed E-state index contributed by atoms with van der Waals surface area (Å²) in [6.07, 6.45) is 4.69. The van der Waals surface area contributed by atoms with Crippen molar-refractivity contribution in [2.24, 2.45) is 5.92 Å². The van der Waals surface area contributed by atoms with Crippen molar-refractivity contribution >= 4 is 17.6 Å². The first-order valence-electron chi connectivity index (χ1n) is 8.07. The molecule has 0 atom stereocenters. The molecule has 10 heteroatoms. The lowest BCUT2D eigenvalue weighted by molar-refractivity contribution is -0.402. The Kier molecular flexibility index (Phi) is 5.07. The van der Waals surface area contributed by atoms with Crippen LogP contribution in [0, 0.1) is 27.4 Å². The number of nitro groups is 1. The van der Waals surface area contributed by atoms with E-state index < -0.39 is 16.7 Å². The Balaban J connectivity index is 1.50. The number of carbonyl (C=O) groups is 1. The van der Waals surface area contributed by atoms with Crippen molar-refractivity contribution in [1.29, 1.82) is 5.26 Å². The summed E-state index contributed by atoms with van der Waals surface area (Å²) in [7, 11) is 0. The molecule has 2 aromatic rings. The number of nitrogens with zero attached hydrogens (tertiary/aromatic N) is 5. The number of furan rings is 1. The second-order valence-electron chi connectivity index (χ2n) is 5.88. The topological polar surface area (TPSA) is 138 Å². The number of amides is 1. The summed E-state index contributed by atoms with van der Waals surface area (Å²) in [5.41, 5.74) is 0.304. The highest BCUT2D eigenvalue weighted by molar-refractivity contribution is 5.91. The summed E-state index contributed by atoms with van der Waals surface area (Å²) >= 11 is 0. The molecule has 0 bridgehead atoms. The summed E-state index contributed by atoms with van der Waals surface area (Å²) in [6, 6.07) is 4.48. The van der Waals surface area contributed by atoms with Crippen LogP contribution < -0.4 is 10.2 Å². The molecule has 1 amide bonds. The smallest absolute Gasteiger partial charge is 0.395 e. The van der Waals surface area contributed by atoms with Crippen LogP contribution in [0.25, 0.3) is 0 Å². The Hall–Kier alpha value is -3.48. The van der Waals surface area contributed by atoms with Crippen molar-refractivity contribution in [2.75, 3.05) is 24.5 Å². The van der Waals surface area contributed by atoms with Gasteiger partial charge in [0.1, 0.15) is 11.0 Å². The van der Waals surface area contributed by atoms with Crippen LogP contribution >= 0.6 is 0 Å². The number of anilines is 1. The van der Waals surface area contributed by atoms with E-state index in [1.54, 1.807) is 6.20 Å². The average molecular weight is 356 g/mol. The molecule has 3 rings (SSSR count). The molecule has 0 unspecified atom stereocenters. The summed E-state index contributed by atoms with van der Waals surface area (Å²) in [6.45, 7) is 1.87. The van der Waals surface area contributed by atoms with E-state index in [-0.39, 0.29) is 11.7 Å². The number of rotatable bonds is 5. The zero-order valence-corrected chi connectivity index (χ0v) is 13.8. The highest BCUT2D eigenvalue weighted by atomic mass is 16.6. The van der Waals surface area contributed by atoms with E-state index in [4.69, 9.17) is 9.68 Å². The standard InChI is InChI=1S/C16H16N6O4/c17-9-12-15(19-6-5-18-12)21-7-3-11(4-8-21)10-20-16(23)13-1-2-14(26-13)22(24)25/h1-2,5-6,11H,3-4,7-8,10H2,(H,20,23). The maximum absolute atomic E-state index is 12.0. The van der Waals surface area contributed by atoms with Gasteiger partial charge in [-0.15, -0.1) is 0 Å². The molecule has 2 aromatic heterocycles. The number of hydrogen-bond donors (Lipinski definition) is 1. The Morgan fingerprint density at radius 3 is 2.77 bits per heavy atom. The number of aromatic nitrogens is 2. The third kappa shape index (κ3) is 3.77. The summed E-state index contributed by atoms with van der Waals surface area (Å²) in [4.78, 5) is 32.2. The van der Waals surface area contributed by atoms with Crippen LogP contribution in [0.5, 0.6) is 0 Å². The van der Waals surface area contributed by atoms with Crippen molar-refractivity contribution in [2.45, 2.75) is 12.8 Å². The fraction of sp³-hybridized carbons (Fsp3) is 0.375. The molecular weight excluding hydrogens is 340 g/mol. The highest BCUT2D eigenvalue weighted by Gasteiger charge is 2.24. The Labute approximate surface area is 148 Å². The first-order valence-corrected chi connectivity index (χ1v) is 8.07. The number of nitriles is 1. The van der Waals surface area contributed by atoms with Gasteiger partial charge in [0.05, 0.1) is 6.07 Å². The number of piperidine rings is 1. The SMILES string of the molecule is N#Cc1nccnc1N1CCC(CNC(=O)c2ccc([N+](=O)[O-])o2)CC1. The number of hydrogen-bond acceptors (Lipinski definition) is 8. The third-order valence-electron chi connectivity index (χ3n) is 4.25. The van der Waals surface area contributed by atoms with Gasteiger partial charge in [-0.3, -0.25) is 14.9 Å². The predicted octanol–water partition coefficient (Wildman–Crippen LogP) is 1.50. The lowest BCUT2D eigenvalue weighted by Gasteiger charge is -2.32. The van der Waals surface area contributed by atoms with Crippen molar-refractivity contribution in [1.82, 2.24) is 15.3 Å². The fourth-order valence-electron chi connectivity index (χ4n) is 2.86. The minimum Gasteiger partial charge on any atom is -0.395 e. The lowest BCUT2D eigenvalue weighted by atomic mass is 9.96. The molecule has 1 aliphatic heterocycles. The van der Waals surface area contributed by atoms with Crippen LogP contribution in [0.1, 0.15) is 29.1 Å². The van der Waals surface area contributed by atoms with E-state index in [2.05, 4.69) is 15.3 Å². The van der Waals surface area contributed by atoms with Gasteiger partial charge >= 0.3 is 5.88 Å². The molecule has 1 N–H and O–H groups in total. The number of nitrogens with one attached hydrogen (secondary N) is 1. The van der Waals surface area contributed by atoms with Gasteiger partial charge in [0.2, 0.25) is 0 Å². The van der Waals surface area contributed by atoms with Gasteiger partial charge in [0, 0.05) is 32.0 Å². The molecule has 0 aliphatic carbocycles. The second-order valence-corrected chi connectivity index (χ2v) is 5.88. The van der Waals surface area contributed by atoms with Crippen LogP contribution in [0.3, 0.4) is 0 Å². The summed E-state index contributed by atoms with van der Waals surface area (Å²) in [5, 5.41) is 22.4. The highest BCUT2D eigenvalue weighted by Crippen LogP contribution is 2.23. The fourth-order valence-corrected chi connectivity index (χ4v) is 2.86. The van der Waals surface area contributed by atoms with Gasteiger partial charge in [0.15, 0.2) is 17.3 Å². The molecule has 1 aliphatic rings. The maximum Gasteiger partial charge on any atom is 0.433 e. The van der Waals surface area contributed by atoms with Crippen LogP contribution in [-0.4, -0.2) is 40.4 Å². The molecule has 1 saturated heterocycles. The van der Waals surface area contributed by atoms with E-state index in [0.29, 0.717) is 31.1 Å². The monoisotopic (exact) mass is 356 g/mol. The van der Waals surface area contributed by atoms with Gasteiger partial charge in [-0.05, 0) is 24.8 Å². The van der Waals surface area contributed by atoms with Crippen molar-refractivity contribution in [3.8, 4) is 6.07 Å². The van der Waals surface area contributed by atoms with Crippen molar-refractivity contribution < 1.29 is 14.1 Å². The normalized spacial score (nSPS) is 14.7. The average Bonchev–Trinajstić information content (AvgIpc) is 3.17. The van der Waals surface area contributed by atoms with E-state index >= 15 is 0 Å². The Bertz CT molecular complexity index is 850. The van der Waals surface area contributed by atoms with Gasteiger partial charge < -0.3 is 14.6 Å². The van der Waals surface area contributed by atoms with Crippen LogP contribution in [0.4, 0.5) is 11.7 Å². The van der Waals surface area contributed by atoms with E-state index in [9.17, 15) is 14.9 Å². The first-order chi connectivity index (χ1) is 12.6. The van der Waals surface area contributed by atoms with Crippen LogP contribution in [-0.2, 0) is 0 Å².